The maximum Gasteiger partial charge on any atom is 0.573 e. The Labute approximate surface area is 146 Å². The van der Waals surface area contributed by atoms with E-state index in [4.69, 9.17) is 5.73 Å². The highest BCUT2D eigenvalue weighted by Crippen LogP contribution is 2.29. The molecule has 0 spiro atoms. The van der Waals surface area contributed by atoms with Gasteiger partial charge < -0.3 is 10.5 Å². The van der Waals surface area contributed by atoms with Gasteiger partial charge in [-0.25, -0.2) is 0 Å². The molecule has 1 unspecified atom stereocenters. The minimum Gasteiger partial charge on any atom is -0.406 e. The highest BCUT2D eigenvalue weighted by atomic mass is 19.4. The van der Waals surface area contributed by atoms with E-state index in [1.807, 2.05) is 0 Å². The fourth-order valence-electron chi connectivity index (χ4n) is 3.49. The van der Waals surface area contributed by atoms with E-state index in [2.05, 4.69) is 16.6 Å². The Bertz CT molecular complexity index is 552. The first kappa shape index (κ1) is 19.6. The van der Waals surface area contributed by atoms with Crippen molar-refractivity contribution in [3.63, 3.8) is 0 Å². The predicted molar refractivity (Wildman–Crippen MR) is 88.7 cm³/mol. The number of rotatable bonds is 7. The first-order valence-electron chi connectivity index (χ1n) is 8.65. The van der Waals surface area contributed by atoms with Gasteiger partial charge in [0.25, 0.3) is 0 Å². The van der Waals surface area contributed by atoms with Gasteiger partial charge in [0.15, 0.2) is 0 Å². The summed E-state index contributed by atoms with van der Waals surface area (Å²) in [7, 11) is 0. The second-order valence-corrected chi connectivity index (χ2v) is 6.60. The number of carbonyl (C=O) groups excluding carboxylic acids is 1. The number of ether oxygens (including phenoxy) is 1. The third kappa shape index (κ3) is 6.23. The summed E-state index contributed by atoms with van der Waals surface area (Å²) in [5, 5.41) is 0. The van der Waals surface area contributed by atoms with Crippen LogP contribution in [-0.2, 0) is 11.3 Å². The van der Waals surface area contributed by atoms with Crippen molar-refractivity contribution in [3.05, 3.63) is 29.8 Å². The third-order valence-electron chi connectivity index (χ3n) is 4.73. The number of piperidine rings is 1. The minimum atomic E-state index is -4.67. The minimum absolute atomic E-state index is 0.0500. The predicted octanol–water partition coefficient (Wildman–Crippen LogP) is 3.70. The first-order chi connectivity index (χ1) is 11.8. The van der Waals surface area contributed by atoms with Crippen LogP contribution in [0.1, 0.15) is 38.2 Å². The number of likely N-dealkylation sites (tertiary alicyclic amines) is 1. The Morgan fingerprint density at radius 3 is 2.36 bits per heavy atom. The number of hydrogen-bond donors (Lipinski definition) is 1. The molecule has 2 rings (SSSR count). The van der Waals surface area contributed by atoms with Crippen molar-refractivity contribution in [2.45, 2.75) is 45.5 Å². The quantitative estimate of drug-likeness (QED) is 0.809. The molecule has 25 heavy (non-hydrogen) atoms. The van der Waals surface area contributed by atoms with Crippen molar-refractivity contribution >= 4 is 5.91 Å². The molecule has 1 aliphatic heterocycles. The molecule has 1 amide bonds. The number of hydrogen-bond acceptors (Lipinski definition) is 3. The maximum absolute atomic E-state index is 12.2. The Morgan fingerprint density at radius 2 is 1.88 bits per heavy atom. The molecule has 0 bridgehead atoms. The van der Waals surface area contributed by atoms with Gasteiger partial charge in [0.2, 0.25) is 5.91 Å². The molecular formula is C18H25F3N2O2. The van der Waals surface area contributed by atoms with E-state index in [0.29, 0.717) is 12.5 Å². The summed E-state index contributed by atoms with van der Waals surface area (Å²) in [6.07, 6.45) is -1.05. The Morgan fingerprint density at radius 1 is 1.28 bits per heavy atom. The first-order valence-corrected chi connectivity index (χ1v) is 8.65. The smallest absolute Gasteiger partial charge is 0.406 e. The number of alkyl halides is 3. The van der Waals surface area contributed by atoms with Gasteiger partial charge in [-0.3, -0.25) is 9.69 Å². The van der Waals surface area contributed by atoms with Crippen molar-refractivity contribution in [2.24, 2.45) is 17.6 Å². The molecule has 0 radical (unpaired) electrons. The molecule has 1 fully saturated rings. The Hall–Kier alpha value is -1.76. The SMILES string of the molecule is CCCC(C(N)=O)C1CCN(Cc2ccc(OC(F)(F)F)cc2)CC1. The topological polar surface area (TPSA) is 55.6 Å². The molecule has 1 aliphatic rings. The number of amides is 1. The number of nitrogens with two attached hydrogens (primary N) is 1. The van der Waals surface area contributed by atoms with Gasteiger partial charge in [-0.15, -0.1) is 13.2 Å². The normalized spacial score (nSPS) is 18.1. The molecule has 1 atom stereocenters. The molecule has 1 saturated heterocycles. The fourth-order valence-corrected chi connectivity index (χ4v) is 3.49. The molecular weight excluding hydrogens is 333 g/mol. The molecule has 2 N–H and O–H groups in total. The Kier molecular flexibility index (Phi) is 6.70. The highest BCUT2D eigenvalue weighted by molar-refractivity contribution is 5.76. The van der Waals surface area contributed by atoms with Crippen LogP contribution in [0.15, 0.2) is 24.3 Å². The monoisotopic (exact) mass is 358 g/mol. The molecule has 4 nitrogen and oxygen atoms in total. The van der Waals surface area contributed by atoms with Gasteiger partial charge in [0, 0.05) is 12.5 Å². The maximum atomic E-state index is 12.2. The molecule has 1 aromatic rings. The molecule has 0 aromatic heterocycles. The van der Waals surface area contributed by atoms with E-state index in [9.17, 15) is 18.0 Å². The summed E-state index contributed by atoms with van der Waals surface area (Å²) in [4.78, 5) is 13.9. The van der Waals surface area contributed by atoms with Crippen LogP contribution in [0.3, 0.4) is 0 Å². The van der Waals surface area contributed by atoms with Crippen LogP contribution in [0.2, 0.25) is 0 Å². The van der Waals surface area contributed by atoms with E-state index < -0.39 is 6.36 Å². The zero-order valence-corrected chi connectivity index (χ0v) is 14.4. The van der Waals surface area contributed by atoms with Crippen LogP contribution in [0, 0.1) is 11.8 Å². The van der Waals surface area contributed by atoms with E-state index in [1.54, 1.807) is 12.1 Å². The second kappa shape index (κ2) is 8.56. The number of nitrogens with zero attached hydrogens (tertiary/aromatic N) is 1. The lowest BCUT2D eigenvalue weighted by Crippen LogP contribution is -2.39. The van der Waals surface area contributed by atoms with E-state index >= 15 is 0 Å². The van der Waals surface area contributed by atoms with E-state index in [1.165, 1.54) is 12.1 Å². The molecule has 7 heteroatoms. The van der Waals surface area contributed by atoms with E-state index in [-0.39, 0.29) is 17.6 Å². The van der Waals surface area contributed by atoms with Gasteiger partial charge >= 0.3 is 6.36 Å². The molecule has 1 aromatic carbocycles. The van der Waals surface area contributed by atoms with Gasteiger partial charge in [-0.2, -0.15) is 0 Å². The zero-order chi connectivity index (χ0) is 18.4. The van der Waals surface area contributed by atoms with Crippen molar-refractivity contribution in [2.75, 3.05) is 13.1 Å². The summed E-state index contributed by atoms with van der Waals surface area (Å²) in [6.45, 7) is 4.45. The fraction of sp³-hybridized carbons (Fsp3) is 0.611. The summed E-state index contributed by atoms with van der Waals surface area (Å²) in [5.41, 5.74) is 6.46. The van der Waals surface area contributed by atoms with E-state index in [0.717, 1.165) is 44.3 Å². The van der Waals surface area contributed by atoms with Crippen LogP contribution in [0.4, 0.5) is 13.2 Å². The second-order valence-electron chi connectivity index (χ2n) is 6.60. The summed E-state index contributed by atoms with van der Waals surface area (Å²) < 4.78 is 40.4. The molecule has 140 valence electrons. The average molecular weight is 358 g/mol. The average Bonchev–Trinajstić information content (AvgIpc) is 2.54. The van der Waals surface area contributed by atoms with Crippen molar-refractivity contribution in [3.8, 4) is 5.75 Å². The summed E-state index contributed by atoms with van der Waals surface area (Å²) >= 11 is 0. The van der Waals surface area contributed by atoms with Crippen LogP contribution >= 0.6 is 0 Å². The Balaban J connectivity index is 1.84. The van der Waals surface area contributed by atoms with Crippen LogP contribution in [0.25, 0.3) is 0 Å². The number of primary amides is 1. The largest absolute Gasteiger partial charge is 0.573 e. The van der Waals surface area contributed by atoms with Crippen molar-refractivity contribution < 1.29 is 22.7 Å². The van der Waals surface area contributed by atoms with Crippen LogP contribution in [-0.4, -0.2) is 30.3 Å². The van der Waals surface area contributed by atoms with Crippen LogP contribution < -0.4 is 10.5 Å². The van der Waals surface area contributed by atoms with Crippen LogP contribution in [0.5, 0.6) is 5.75 Å². The number of carbonyl (C=O) groups is 1. The molecule has 1 heterocycles. The van der Waals surface area contributed by atoms with Crippen molar-refractivity contribution in [1.82, 2.24) is 4.90 Å². The van der Waals surface area contributed by atoms with Crippen molar-refractivity contribution in [1.29, 1.82) is 0 Å². The van der Waals surface area contributed by atoms with Gasteiger partial charge in [-0.1, -0.05) is 25.5 Å². The lowest BCUT2D eigenvalue weighted by molar-refractivity contribution is -0.274. The molecule has 0 saturated carbocycles. The summed E-state index contributed by atoms with van der Waals surface area (Å²) in [5.74, 6) is -0.137. The zero-order valence-electron chi connectivity index (χ0n) is 14.4. The lowest BCUT2D eigenvalue weighted by Gasteiger charge is -2.35. The third-order valence-corrected chi connectivity index (χ3v) is 4.73. The van der Waals surface area contributed by atoms with Gasteiger partial charge in [-0.05, 0) is 56.0 Å². The summed E-state index contributed by atoms with van der Waals surface area (Å²) in [6, 6.07) is 5.97. The molecule has 0 aliphatic carbocycles. The standard InChI is InChI=1S/C18H25F3N2O2/c1-2-3-16(17(22)24)14-8-10-23(11-9-14)12-13-4-6-15(7-5-13)25-18(19,20)21/h4-7,14,16H,2-3,8-12H2,1H3,(H2,22,24). The van der Waals surface area contributed by atoms with Gasteiger partial charge in [0.1, 0.15) is 5.75 Å². The lowest BCUT2D eigenvalue weighted by atomic mass is 9.81. The number of halogens is 3. The highest BCUT2D eigenvalue weighted by Gasteiger charge is 2.31. The van der Waals surface area contributed by atoms with Gasteiger partial charge in [0.05, 0.1) is 0 Å². The number of benzene rings is 1.